The average Bonchev–Trinajstić information content (AvgIpc) is 2.28. The molecule has 0 fully saturated rings. The van der Waals surface area contributed by atoms with E-state index in [1.807, 2.05) is 6.92 Å². The molecule has 0 radical (unpaired) electrons. The van der Waals surface area contributed by atoms with Gasteiger partial charge in [-0.3, -0.25) is 10.0 Å². The Balaban J connectivity index is 3.02. The lowest BCUT2D eigenvalue weighted by atomic mass is 10.1. The van der Waals surface area contributed by atoms with Gasteiger partial charge in [-0.1, -0.05) is 6.92 Å². The molecule has 0 heterocycles. The first-order chi connectivity index (χ1) is 7.60. The molecule has 6 heteroatoms. The maximum Gasteiger partial charge on any atom is 0.276 e. The van der Waals surface area contributed by atoms with E-state index in [9.17, 15) is 4.79 Å². The quantitative estimate of drug-likeness (QED) is 0.343. The molecule has 0 aliphatic rings. The van der Waals surface area contributed by atoms with Crippen molar-refractivity contribution in [2.24, 2.45) is 0 Å². The predicted molar refractivity (Wildman–Crippen MR) is 60.3 cm³/mol. The molecule has 0 aliphatic carbocycles. The van der Waals surface area contributed by atoms with Crippen molar-refractivity contribution in [3.63, 3.8) is 0 Å². The third-order valence-corrected chi connectivity index (χ3v) is 1.99. The molecule has 16 heavy (non-hydrogen) atoms. The third-order valence-electron chi connectivity index (χ3n) is 1.99. The van der Waals surface area contributed by atoms with E-state index in [1.54, 1.807) is 0 Å². The van der Waals surface area contributed by atoms with Crippen molar-refractivity contribution >= 4 is 17.3 Å². The van der Waals surface area contributed by atoms with Crippen LogP contribution in [0.1, 0.15) is 23.7 Å². The molecule has 1 rings (SSSR count). The van der Waals surface area contributed by atoms with E-state index in [-0.39, 0.29) is 11.3 Å². The van der Waals surface area contributed by atoms with Crippen LogP contribution in [0.5, 0.6) is 5.75 Å². The zero-order chi connectivity index (χ0) is 12.1. The molecule has 0 saturated carbocycles. The van der Waals surface area contributed by atoms with E-state index < -0.39 is 5.91 Å². The first-order valence-electron chi connectivity index (χ1n) is 4.86. The Bertz CT molecular complexity index is 393. The normalized spacial score (nSPS) is 9.88. The molecule has 0 spiro atoms. The Labute approximate surface area is 93.1 Å². The molecule has 0 saturated heterocycles. The van der Waals surface area contributed by atoms with Crippen LogP contribution in [0, 0.1) is 0 Å². The molecule has 1 aromatic rings. The lowest BCUT2D eigenvalue weighted by Crippen LogP contribution is -2.20. The first kappa shape index (κ1) is 12.1. The number of carbonyl (C=O) groups excluding carboxylic acids is 1. The Hall–Kier alpha value is -1.95. The minimum atomic E-state index is -0.703. The zero-order valence-electron chi connectivity index (χ0n) is 8.99. The van der Waals surface area contributed by atoms with Gasteiger partial charge >= 0.3 is 0 Å². The second-order valence-electron chi connectivity index (χ2n) is 3.27. The number of hydroxylamine groups is 1. The number of benzene rings is 1. The maximum atomic E-state index is 11.2. The summed E-state index contributed by atoms with van der Waals surface area (Å²) in [7, 11) is 0. The second kappa shape index (κ2) is 5.22. The SMILES string of the molecule is CCCOc1cc(N)c(C(=O)NO)cc1N. The second-order valence-corrected chi connectivity index (χ2v) is 3.27. The smallest absolute Gasteiger partial charge is 0.276 e. The number of hydrogen-bond donors (Lipinski definition) is 4. The van der Waals surface area contributed by atoms with E-state index in [0.717, 1.165) is 6.42 Å². The summed E-state index contributed by atoms with van der Waals surface area (Å²) in [6, 6.07) is 2.83. The molecule has 0 aliphatic heterocycles. The Kier molecular flexibility index (Phi) is 3.96. The molecule has 0 atom stereocenters. The summed E-state index contributed by atoms with van der Waals surface area (Å²) in [6.07, 6.45) is 0.845. The van der Waals surface area contributed by atoms with Crippen LogP contribution in [-0.4, -0.2) is 17.7 Å². The fourth-order valence-corrected chi connectivity index (χ4v) is 1.21. The molecule has 1 aromatic carbocycles. The molecular formula is C10H15N3O3. The predicted octanol–water partition coefficient (Wildman–Crippen LogP) is 0.759. The summed E-state index contributed by atoms with van der Waals surface area (Å²) in [5.74, 6) is -0.264. The van der Waals surface area contributed by atoms with Crippen LogP contribution < -0.4 is 21.7 Å². The van der Waals surface area contributed by atoms with Crippen LogP contribution in [0.2, 0.25) is 0 Å². The minimum Gasteiger partial charge on any atom is -0.491 e. The van der Waals surface area contributed by atoms with Crippen LogP contribution in [-0.2, 0) is 0 Å². The number of carbonyl (C=O) groups is 1. The Morgan fingerprint density at radius 1 is 1.44 bits per heavy atom. The van der Waals surface area contributed by atoms with Gasteiger partial charge in [0, 0.05) is 11.8 Å². The van der Waals surface area contributed by atoms with Gasteiger partial charge in [-0.15, -0.1) is 0 Å². The van der Waals surface area contributed by atoms with Crippen LogP contribution in [0.25, 0.3) is 0 Å². The van der Waals surface area contributed by atoms with Crippen LogP contribution >= 0.6 is 0 Å². The highest BCUT2D eigenvalue weighted by molar-refractivity contribution is 6.00. The highest BCUT2D eigenvalue weighted by Gasteiger charge is 2.12. The minimum absolute atomic E-state index is 0.115. The lowest BCUT2D eigenvalue weighted by Gasteiger charge is -2.11. The first-order valence-corrected chi connectivity index (χ1v) is 4.86. The summed E-state index contributed by atoms with van der Waals surface area (Å²) in [5, 5.41) is 8.49. The van der Waals surface area contributed by atoms with Crippen molar-refractivity contribution in [1.29, 1.82) is 0 Å². The number of anilines is 2. The van der Waals surface area contributed by atoms with Gasteiger partial charge in [0.2, 0.25) is 0 Å². The van der Waals surface area contributed by atoms with Crippen molar-refractivity contribution < 1.29 is 14.7 Å². The Morgan fingerprint density at radius 2 is 2.12 bits per heavy atom. The van der Waals surface area contributed by atoms with E-state index in [2.05, 4.69) is 0 Å². The van der Waals surface area contributed by atoms with Crippen molar-refractivity contribution in [2.75, 3.05) is 18.1 Å². The molecule has 88 valence electrons. The van der Waals surface area contributed by atoms with Crippen LogP contribution in [0.15, 0.2) is 12.1 Å². The third kappa shape index (κ3) is 2.54. The topological polar surface area (TPSA) is 111 Å². The lowest BCUT2D eigenvalue weighted by molar-refractivity contribution is 0.0707. The van der Waals surface area contributed by atoms with Gasteiger partial charge in [-0.25, -0.2) is 5.48 Å². The molecule has 6 nitrogen and oxygen atoms in total. The molecule has 6 N–H and O–H groups in total. The fraction of sp³-hybridized carbons (Fsp3) is 0.300. The largest absolute Gasteiger partial charge is 0.491 e. The summed E-state index contributed by atoms with van der Waals surface area (Å²) < 4.78 is 5.34. The van der Waals surface area contributed by atoms with E-state index in [0.29, 0.717) is 18.0 Å². The number of nitrogens with one attached hydrogen (secondary N) is 1. The number of nitrogen functional groups attached to an aromatic ring is 2. The van der Waals surface area contributed by atoms with Crippen molar-refractivity contribution in [1.82, 2.24) is 5.48 Å². The van der Waals surface area contributed by atoms with Gasteiger partial charge in [0.05, 0.1) is 17.9 Å². The van der Waals surface area contributed by atoms with Crippen molar-refractivity contribution in [3.8, 4) is 5.75 Å². The van der Waals surface area contributed by atoms with Gasteiger partial charge in [0.15, 0.2) is 0 Å². The van der Waals surface area contributed by atoms with Gasteiger partial charge in [0.25, 0.3) is 5.91 Å². The molecule has 0 bridgehead atoms. The summed E-state index contributed by atoms with van der Waals surface area (Å²) in [4.78, 5) is 11.2. The average molecular weight is 225 g/mol. The monoisotopic (exact) mass is 225 g/mol. The standard InChI is InChI=1S/C10H15N3O3/c1-2-3-16-9-5-7(11)6(4-8(9)12)10(14)13-15/h4-5,15H,2-3,11-12H2,1H3,(H,13,14). The molecule has 0 aromatic heterocycles. The van der Waals surface area contributed by atoms with E-state index in [4.69, 9.17) is 21.4 Å². The van der Waals surface area contributed by atoms with Crippen LogP contribution in [0.3, 0.4) is 0 Å². The maximum absolute atomic E-state index is 11.2. The number of ether oxygens (including phenoxy) is 1. The molecular weight excluding hydrogens is 210 g/mol. The summed E-state index contributed by atoms with van der Waals surface area (Å²) in [5.41, 5.74) is 13.4. The van der Waals surface area contributed by atoms with Crippen molar-refractivity contribution in [3.05, 3.63) is 17.7 Å². The van der Waals surface area contributed by atoms with Gasteiger partial charge in [-0.05, 0) is 12.5 Å². The zero-order valence-corrected chi connectivity index (χ0v) is 8.99. The summed E-state index contributed by atoms with van der Waals surface area (Å²) >= 11 is 0. The highest BCUT2D eigenvalue weighted by Crippen LogP contribution is 2.27. The van der Waals surface area contributed by atoms with Crippen molar-refractivity contribution in [2.45, 2.75) is 13.3 Å². The van der Waals surface area contributed by atoms with Gasteiger partial charge in [0.1, 0.15) is 5.75 Å². The molecule has 1 amide bonds. The molecule has 0 unspecified atom stereocenters. The number of rotatable bonds is 4. The number of amides is 1. The number of hydrogen-bond acceptors (Lipinski definition) is 5. The summed E-state index contributed by atoms with van der Waals surface area (Å²) in [6.45, 7) is 2.49. The van der Waals surface area contributed by atoms with Gasteiger partial charge in [-0.2, -0.15) is 0 Å². The Morgan fingerprint density at radius 3 is 2.69 bits per heavy atom. The fourth-order valence-electron chi connectivity index (χ4n) is 1.21. The van der Waals surface area contributed by atoms with E-state index >= 15 is 0 Å². The number of nitrogens with two attached hydrogens (primary N) is 2. The highest BCUT2D eigenvalue weighted by atomic mass is 16.5. The van der Waals surface area contributed by atoms with E-state index in [1.165, 1.54) is 17.6 Å². The van der Waals surface area contributed by atoms with Crippen LogP contribution in [0.4, 0.5) is 11.4 Å². The van der Waals surface area contributed by atoms with Gasteiger partial charge < -0.3 is 16.2 Å².